The number of sulfonamides is 1. The van der Waals surface area contributed by atoms with E-state index in [0.717, 1.165) is 72.8 Å². The predicted molar refractivity (Wildman–Crippen MR) is 152 cm³/mol. The number of nitrogens with zero attached hydrogens (tertiary/aromatic N) is 6. The van der Waals surface area contributed by atoms with Gasteiger partial charge in [0.05, 0.1) is 54.1 Å². The molecule has 39 heavy (non-hydrogen) atoms. The Bertz CT molecular complexity index is 1720. The van der Waals surface area contributed by atoms with E-state index in [9.17, 15) is 8.42 Å². The Morgan fingerprint density at radius 3 is 2.69 bits per heavy atom. The van der Waals surface area contributed by atoms with Gasteiger partial charge in [0.1, 0.15) is 0 Å². The van der Waals surface area contributed by atoms with E-state index in [4.69, 9.17) is 14.9 Å². The number of para-hydroxylation sites is 1. The maximum atomic E-state index is 12.2. The minimum atomic E-state index is -3.43. The molecule has 202 valence electrons. The molecule has 1 saturated heterocycles. The molecule has 3 aromatic heterocycles. The number of fused-ring (bicyclic) bond motifs is 2. The summed E-state index contributed by atoms with van der Waals surface area (Å²) in [5.41, 5.74) is 4.55. The Kier molecular flexibility index (Phi) is 6.90. The van der Waals surface area contributed by atoms with Crippen LogP contribution in [0.25, 0.3) is 27.7 Å². The minimum Gasteiger partial charge on any atom is -0.379 e. The summed E-state index contributed by atoms with van der Waals surface area (Å²) in [7, 11) is -3.43. The Morgan fingerprint density at radius 1 is 1.00 bits per heavy atom. The van der Waals surface area contributed by atoms with E-state index in [2.05, 4.69) is 26.1 Å². The highest BCUT2D eigenvalue weighted by Gasteiger charge is 2.15. The van der Waals surface area contributed by atoms with Crippen molar-refractivity contribution in [3.8, 4) is 11.3 Å². The lowest BCUT2D eigenvalue weighted by atomic mass is 10.1. The lowest BCUT2D eigenvalue weighted by Crippen LogP contribution is -2.38. The van der Waals surface area contributed by atoms with Gasteiger partial charge in [-0.3, -0.25) is 14.3 Å². The molecule has 11 nitrogen and oxygen atoms in total. The van der Waals surface area contributed by atoms with Gasteiger partial charge in [0, 0.05) is 42.5 Å². The fourth-order valence-electron chi connectivity index (χ4n) is 4.66. The average Bonchev–Trinajstić information content (AvgIpc) is 3.56. The van der Waals surface area contributed by atoms with Crippen molar-refractivity contribution in [2.45, 2.75) is 13.5 Å². The molecule has 0 unspecified atom stereocenters. The summed E-state index contributed by atoms with van der Waals surface area (Å²) in [4.78, 5) is 6.87. The topological polar surface area (TPSA) is 119 Å². The van der Waals surface area contributed by atoms with Crippen LogP contribution in [0, 0.1) is 0 Å². The summed E-state index contributed by atoms with van der Waals surface area (Å²) in [6.07, 6.45) is 3.79. The van der Waals surface area contributed by atoms with Gasteiger partial charge in [0.2, 0.25) is 16.0 Å². The van der Waals surface area contributed by atoms with E-state index in [1.54, 1.807) is 29.8 Å². The van der Waals surface area contributed by atoms with Crippen LogP contribution in [0.1, 0.15) is 6.92 Å². The van der Waals surface area contributed by atoms with Gasteiger partial charge >= 0.3 is 0 Å². The van der Waals surface area contributed by atoms with E-state index in [0.29, 0.717) is 11.6 Å². The summed E-state index contributed by atoms with van der Waals surface area (Å²) in [6, 6.07) is 17.1. The summed E-state index contributed by atoms with van der Waals surface area (Å²) >= 11 is 0. The second kappa shape index (κ2) is 10.6. The van der Waals surface area contributed by atoms with Crippen molar-refractivity contribution in [2.24, 2.45) is 0 Å². The van der Waals surface area contributed by atoms with Crippen LogP contribution in [0.5, 0.6) is 0 Å². The Balaban J connectivity index is 1.23. The number of hydrogen-bond donors (Lipinski definition) is 2. The van der Waals surface area contributed by atoms with Crippen LogP contribution in [-0.2, 0) is 21.3 Å². The first kappa shape index (κ1) is 25.3. The first-order valence-corrected chi connectivity index (χ1v) is 14.6. The van der Waals surface area contributed by atoms with Gasteiger partial charge in [-0.05, 0) is 43.3 Å². The summed E-state index contributed by atoms with van der Waals surface area (Å²) < 4.78 is 36.4. The average molecular weight is 547 g/mol. The smallest absolute Gasteiger partial charge is 0.245 e. The Labute approximate surface area is 226 Å². The van der Waals surface area contributed by atoms with Gasteiger partial charge in [-0.25, -0.2) is 17.9 Å². The highest BCUT2D eigenvalue weighted by molar-refractivity contribution is 7.92. The number of nitrogens with one attached hydrogen (secondary N) is 2. The third kappa shape index (κ3) is 5.58. The predicted octanol–water partition coefficient (Wildman–Crippen LogP) is 3.58. The van der Waals surface area contributed by atoms with Crippen LogP contribution in [0.15, 0.2) is 67.0 Å². The molecule has 2 aromatic carbocycles. The molecule has 0 aliphatic carbocycles. The molecule has 4 heterocycles. The highest BCUT2D eigenvalue weighted by atomic mass is 32.2. The Hall–Kier alpha value is -4.00. The molecule has 6 rings (SSSR count). The number of hydrogen-bond acceptors (Lipinski definition) is 8. The monoisotopic (exact) mass is 546 g/mol. The molecular formula is C27H30N8O3S. The molecule has 0 atom stereocenters. The van der Waals surface area contributed by atoms with E-state index in [-0.39, 0.29) is 5.75 Å². The Morgan fingerprint density at radius 2 is 1.85 bits per heavy atom. The van der Waals surface area contributed by atoms with Gasteiger partial charge in [0.15, 0.2) is 0 Å². The number of ether oxygens (including phenoxy) is 1. The molecule has 12 heteroatoms. The van der Waals surface area contributed by atoms with Crippen LogP contribution < -0.4 is 10.0 Å². The van der Waals surface area contributed by atoms with Gasteiger partial charge in [0.25, 0.3) is 0 Å². The van der Waals surface area contributed by atoms with Crippen molar-refractivity contribution < 1.29 is 13.2 Å². The van der Waals surface area contributed by atoms with E-state index < -0.39 is 10.0 Å². The highest BCUT2D eigenvalue weighted by Crippen LogP contribution is 2.30. The summed E-state index contributed by atoms with van der Waals surface area (Å²) in [5, 5.41) is 13.8. The lowest BCUT2D eigenvalue weighted by Gasteiger charge is -2.26. The number of anilines is 3. The lowest BCUT2D eigenvalue weighted by molar-refractivity contribution is 0.0360. The zero-order valence-electron chi connectivity index (χ0n) is 21.6. The number of aromatic nitrogens is 5. The van der Waals surface area contributed by atoms with Gasteiger partial charge in [-0.2, -0.15) is 5.10 Å². The first-order chi connectivity index (χ1) is 19.0. The number of rotatable bonds is 9. The standard InChI is InChI=1S/C27H30N8O3S/c1-2-39(36,37)32-25-6-4-3-5-23(25)26-10-8-22-18-28-27(31-35(22)26)29-21-7-9-24-20(17-21)19-34(30-24)12-11-33-13-15-38-16-14-33/h3-10,17-19,32H,2,11-16H2,1H3,(H,29,31). The van der Waals surface area contributed by atoms with Crippen LogP contribution in [-0.4, -0.2) is 76.3 Å². The number of benzene rings is 2. The molecule has 0 radical (unpaired) electrons. The second-order valence-electron chi connectivity index (χ2n) is 9.43. The van der Waals surface area contributed by atoms with Crippen molar-refractivity contribution in [1.82, 2.24) is 29.3 Å². The van der Waals surface area contributed by atoms with E-state index >= 15 is 0 Å². The second-order valence-corrected chi connectivity index (χ2v) is 11.4. The molecule has 1 aliphatic rings. The molecule has 5 aromatic rings. The maximum Gasteiger partial charge on any atom is 0.245 e. The molecule has 1 aliphatic heterocycles. The van der Waals surface area contributed by atoms with Crippen molar-refractivity contribution >= 4 is 43.8 Å². The fraction of sp³-hybridized carbons (Fsp3) is 0.296. The fourth-order valence-corrected chi connectivity index (χ4v) is 5.32. The molecule has 0 bridgehead atoms. The molecule has 0 spiro atoms. The van der Waals surface area contributed by atoms with Crippen LogP contribution >= 0.6 is 0 Å². The zero-order valence-corrected chi connectivity index (χ0v) is 22.4. The van der Waals surface area contributed by atoms with Crippen LogP contribution in [0.3, 0.4) is 0 Å². The first-order valence-electron chi connectivity index (χ1n) is 13.0. The summed E-state index contributed by atoms with van der Waals surface area (Å²) in [5.74, 6) is 0.412. The quantitative estimate of drug-likeness (QED) is 0.288. The van der Waals surface area contributed by atoms with Gasteiger partial charge in [-0.1, -0.05) is 18.2 Å². The van der Waals surface area contributed by atoms with E-state index in [1.807, 2.05) is 47.1 Å². The van der Waals surface area contributed by atoms with Crippen LogP contribution in [0.2, 0.25) is 0 Å². The van der Waals surface area contributed by atoms with Gasteiger partial charge < -0.3 is 10.1 Å². The molecule has 2 N–H and O–H groups in total. The normalized spacial score (nSPS) is 14.7. The minimum absolute atomic E-state index is 0.0103. The van der Waals surface area contributed by atoms with Gasteiger partial charge in [-0.15, -0.1) is 5.10 Å². The van der Waals surface area contributed by atoms with Crippen molar-refractivity contribution in [3.63, 3.8) is 0 Å². The maximum absolute atomic E-state index is 12.2. The molecule has 0 amide bonds. The SMILES string of the molecule is CCS(=O)(=O)Nc1ccccc1-c1ccc2cnc(Nc3ccc4nn(CCN5CCOCC5)cc4c3)nn12. The molecule has 0 saturated carbocycles. The van der Waals surface area contributed by atoms with Crippen molar-refractivity contribution in [2.75, 3.05) is 48.6 Å². The molecular weight excluding hydrogens is 516 g/mol. The zero-order chi connectivity index (χ0) is 26.8. The van der Waals surface area contributed by atoms with Crippen molar-refractivity contribution in [3.05, 3.63) is 67.0 Å². The largest absolute Gasteiger partial charge is 0.379 e. The third-order valence-corrected chi connectivity index (χ3v) is 8.10. The molecule has 1 fully saturated rings. The summed E-state index contributed by atoms with van der Waals surface area (Å²) in [6.45, 7) is 6.88. The van der Waals surface area contributed by atoms with Crippen molar-refractivity contribution in [1.29, 1.82) is 0 Å². The third-order valence-electron chi connectivity index (χ3n) is 6.80. The number of morpholine rings is 1. The van der Waals surface area contributed by atoms with E-state index in [1.165, 1.54) is 0 Å². The van der Waals surface area contributed by atoms with Crippen LogP contribution in [0.4, 0.5) is 17.3 Å².